The van der Waals surface area contributed by atoms with Crippen LogP contribution in [0.15, 0.2) is 70.7 Å². The zero-order valence-electron chi connectivity index (χ0n) is 18.5. The van der Waals surface area contributed by atoms with Crippen LogP contribution in [0.1, 0.15) is 47.9 Å². The predicted octanol–water partition coefficient (Wildman–Crippen LogP) is 3.49. The van der Waals surface area contributed by atoms with Crippen molar-refractivity contribution in [1.82, 2.24) is 5.32 Å². The minimum absolute atomic E-state index is 0.0101. The lowest BCUT2D eigenvalue weighted by Crippen LogP contribution is -2.54. The van der Waals surface area contributed by atoms with Crippen molar-refractivity contribution >= 4 is 35.6 Å². The third-order valence-corrected chi connectivity index (χ3v) is 5.73. The van der Waals surface area contributed by atoms with Crippen LogP contribution in [0, 0.1) is 0 Å². The quantitative estimate of drug-likeness (QED) is 0.447. The van der Waals surface area contributed by atoms with E-state index >= 15 is 0 Å². The summed E-state index contributed by atoms with van der Waals surface area (Å²) in [7, 11) is 0. The van der Waals surface area contributed by atoms with Gasteiger partial charge in [-0.05, 0) is 59.9 Å². The van der Waals surface area contributed by atoms with Crippen molar-refractivity contribution in [3.63, 3.8) is 0 Å². The molecule has 1 aliphatic rings. The molecule has 0 unspecified atom stereocenters. The van der Waals surface area contributed by atoms with Gasteiger partial charge in [-0.25, -0.2) is 9.69 Å². The van der Waals surface area contributed by atoms with E-state index in [1.165, 1.54) is 24.3 Å². The van der Waals surface area contributed by atoms with E-state index in [4.69, 9.17) is 4.42 Å². The summed E-state index contributed by atoms with van der Waals surface area (Å²) in [6, 6.07) is 15.3. The fourth-order valence-electron chi connectivity index (χ4n) is 3.61. The molecule has 0 aliphatic carbocycles. The molecule has 8 nitrogen and oxygen atoms in total. The molecule has 0 radical (unpaired) electrons. The van der Waals surface area contributed by atoms with Gasteiger partial charge in [-0.2, -0.15) is 0 Å². The molecule has 0 bridgehead atoms. The summed E-state index contributed by atoms with van der Waals surface area (Å²) >= 11 is 0. The van der Waals surface area contributed by atoms with Crippen molar-refractivity contribution in [2.45, 2.75) is 26.2 Å². The van der Waals surface area contributed by atoms with Crippen LogP contribution in [0.2, 0.25) is 0 Å². The van der Waals surface area contributed by atoms with Crippen molar-refractivity contribution in [1.29, 1.82) is 0 Å². The Morgan fingerprint density at radius 2 is 1.82 bits per heavy atom. The fraction of sp³-hybridized carbons (Fsp3) is 0.154. The second-order valence-electron chi connectivity index (χ2n) is 7.93. The van der Waals surface area contributed by atoms with Gasteiger partial charge in [0.25, 0.3) is 11.8 Å². The van der Waals surface area contributed by atoms with E-state index in [-0.39, 0.29) is 16.9 Å². The van der Waals surface area contributed by atoms with Gasteiger partial charge in [-0.15, -0.1) is 0 Å². The van der Waals surface area contributed by atoms with Crippen LogP contribution in [0.25, 0.3) is 17.4 Å². The number of carbonyl (C=O) groups is 4. The van der Waals surface area contributed by atoms with Gasteiger partial charge in [-0.3, -0.25) is 14.9 Å². The molecule has 4 rings (SSSR count). The number of urea groups is 1. The minimum Gasteiger partial charge on any atom is -0.545 e. The zero-order valence-corrected chi connectivity index (χ0v) is 18.5. The summed E-state index contributed by atoms with van der Waals surface area (Å²) in [5.74, 6) is -2.07. The van der Waals surface area contributed by atoms with Crippen LogP contribution in [0.5, 0.6) is 0 Å². The Balaban J connectivity index is 1.63. The zero-order chi connectivity index (χ0) is 24.4. The van der Waals surface area contributed by atoms with E-state index in [2.05, 4.69) is 19.2 Å². The fourth-order valence-corrected chi connectivity index (χ4v) is 3.61. The normalized spacial score (nSPS) is 16.0. The van der Waals surface area contributed by atoms with Gasteiger partial charge in [0.2, 0.25) is 0 Å². The molecule has 1 fully saturated rings. The highest BCUT2D eigenvalue weighted by Crippen LogP contribution is 2.27. The number of rotatable bonds is 6. The highest BCUT2D eigenvalue weighted by molar-refractivity contribution is 6.39. The molecule has 2 aromatic carbocycles. The Hall–Kier alpha value is -4.46. The number of furan rings is 1. The Kier molecular flexibility index (Phi) is 6.14. The first kappa shape index (κ1) is 22.7. The van der Waals surface area contributed by atoms with Gasteiger partial charge in [0.1, 0.15) is 17.1 Å². The monoisotopic (exact) mass is 457 g/mol. The van der Waals surface area contributed by atoms with E-state index in [0.29, 0.717) is 22.9 Å². The molecule has 1 aliphatic heterocycles. The minimum atomic E-state index is -1.32. The molecule has 1 aromatic heterocycles. The van der Waals surface area contributed by atoms with Crippen LogP contribution >= 0.6 is 0 Å². The first-order chi connectivity index (χ1) is 16.3. The van der Waals surface area contributed by atoms with Crippen LogP contribution in [-0.2, 0) is 9.59 Å². The van der Waals surface area contributed by atoms with Gasteiger partial charge >= 0.3 is 6.03 Å². The summed E-state index contributed by atoms with van der Waals surface area (Å²) in [6.45, 7) is 4.16. The van der Waals surface area contributed by atoms with Gasteiger partial charge < -0.3 is 14.3 Å². The molecule has 1 atom stereocenters. The number of carboxylic acid groups (broad SMARTS) is 1. The number of aromatic carboxylic acids is 1. The number of hydrogen-bond acceptors (Lipinski definition) is 6. The number of carboxylic acids is 1. The van der Waals surface area contributed by atoms with E-state index in [0.717, 1.165) is 16.9 Å². The van der Waals surface area contributed by atoms with Gasteiger partial charge in [0, 0.05) is 5.56 Å². The summed E-state index contributed by atoms with van der Waals surface area (Å²) < 4.78 is 5.70. The Morgan fingerprint density at radius 3 is 2.50 bits per heavy atom. The predicted molar refractivity (Wildman–Crippen MR) is 123 cm³/mol. The second kappa shape index (κ2) is 9.19. The number of nitrogens with one attached hydrogen (secondary N) is 1. The molecule has 1 saturated heterocycles. The second-order valence-corrected chi connectivity index (χ2v) is 7.93. The van der Waals surface area contributed by atoms with Crippen LogP contribution in [0.4, 0.5) is 10.5 Å². The SMILES string of the molecule is CC[C@@H](C)c1ccc(N2C(=O)NC(=O)/C(=C/c3ccc(-c4cccc(C(=O)[O-])c4)o3)C2=O)cc1. The van der Waals surface area contributed by atoms with Crippen LogP contribution < -0.4 is 15.3 Å². The van der Waals surface area contributed by atoms with E-state index in [1.807, 2.05) is 12.1 Å². The molecule has 4 amide bonds. The third-order valence-electron chi connectivity index (χ3n) is 5.73. The maximum Gasteiger partial charge on any atom is 0.335 e. The van der Waals surface area contributed by atoms with Gasteiger partial charge in [0.05, 0.1) is 11.7 Å². The number of amides is 4. The summed E-state index contributed by atoms with van der Waals surface area (Å²) in [5.41, 5.74) is 1.63. The van der Waals surface area contributed by atoms with Crippen molar-refractivity contribution < 1.29 is 28.7 Å². The third kappa shape index (κ3) is 4.38. The number of carbonyl (C=O) groups excluding carboxylic acids is 4. The molecule has 34 heavy (non-hydrogen) atoms. The van der Waals surface area contributed by atoms with E-state index in [1.54, 1.807) is 30.3 Å². The van der Waals surface area contributed by atoms with Crippen LogP contribution in [-0.4, -0.2) is 23.8 Å². The molecule has 1 N–H and O–H groups in total. The van der Waals surface area contributed by atoms with Crippen molar-refractivity contribution in [3.05, 3.63) is 83.1 Å². The Morgan fingerprint density at radius 1 is 1.09 bits per heavy atom. The summed E-state index contributed by atoms with van der Waals surface area (Å²) in [6.07, 6.45) is 2.20. The largest absolute Gasteiger partial charge is 0.545 e. The van der Waals surface area contributed by atoms with Gasteiger partial charge in [-0.1, -0.05) is 44.2 Å². The van der Waals surface area contributed by atoms with Crippen molar-refractivity contribution in [2.24, 2.45) is 0 Å². The molecular weight excluding hydrogens is 436 g/mol. The number of benzene rings is 2. The average Bonchev–Trinajstić information content (AvgIpc) is 3.30. The number of barbiturate groups is 1. The van der Waals surface area contributed by atoms with Crippen molar-refractivity contribution in [2.75, 3.05) is 4.90 Å². The first-order valence-corrected chi connectivity index (χ1v) is 10.7. The molecule has 3 aromatic rings. The first-order valence-electron chi connectivity index (χ1n) is 10.7. The lowest BCUT2D eigenvalue weighted by molar-refractivity contribution is -0.255. The number of imide groups is 2. The molecule has 8 heteroatoms. The van der Waals surface area contributed by atoms with Crippen LogP contribution in [0.3, 0.4) is 0 Å². The molecule has 0 spiro atoms. The smallest absolute Gasteiger partial charge is 0.335 e. The molecule has 172 valence electrons. The Labute approximate surface area is 195 Å². The number of anilines is 1. The van der Waals surface area contributed by atoms with Crippen molar-refractivity contribution in [3.8, 4) is 11.3 Å². The van der Waals surface area contributed by atoms with Gasteiger partial charge in [0.15, 0.2) is 0 Å². The highest BCUT2D eigenvalue weighted by atomic mass is 16.4. The molecular formula is C26H21N2O6-. The van der Waals surface area contributed by atoms with E-state index in [9.17, 15) is 24.3 Å². The highest BCUT2D eigenvalue weighted by Gasteiger charge is 2.37. The maximum absolute atomic E-state index is 13.1. The topological polar surface area (TPSA) is 120 Å². The lowest BCUT2D eigenvalue weighted by Gasteiger charge is -2.26. The molecule has 2 heterocycles. The average molecular weight is 457 g/mol. The Bertz CT molecular complexity index is 1320. The summed E-state index contributed by atoms with van der Waals surface area (Å²) in [5, 5.41) is 13.3. The van der Waals surface area contributed by atoms with E-state index < -0.39 is 23.8 Å². The molecule has 0 saturated carbocycles. The lowest BCUT2D eigenvalue weighted by atomic mass is 9.98. The number of hydrogen-bond donors (Lipinski definition) is 1. The maximum atomic E-state index is 13.1. The summed E-state index contributed by atoms with van der Waals surface area (Å²) in [4.78, 5) is 49.9. The standard InChI is InChI=1S/C26H22N2O6/c1-3-15(2)16-7-9-19(10-8-16)28-24(30)21(23(29)27-26(28)33)14-20-11-12-22(34-20)17-5-4-6-18(13-17)25(31)32/h4-15H,3H2,1-2H3,(H,31,32)(H,27,29,33)/p-1/b21-14-/t15-/m1/s1. The number of nitrogens with zero attached hydrogens (tertiary/aromatic N) is 1.